The van der Waals surface area contributed by atoms with Crippen molar-refractivity contribution in [3.8, 4) is 5.75 Å². The molecule has 2 saturated heterocycles. The number of thioether (sulfide) groups is 1. The predicted octanol–water partition coefficient (Wildman–Crippen LogP) is 2.79. The van der Waals surface area contributed by atoms with E-state index in [2.05, 4.69) is 4.98 Å². The molecule has 0 N–H and O–H groups in total. The van der Waals surface area contributed by atoms with Crippen molar-refractivity contribution in [2.45, 2.75) is 23.7 Å². The second-order valence-electron chi connectivity index (χ2n) is 6.54. The molecule has 2 aliphatic rings. The Balaban J connectivity index is 1.28. The van der Waals surface area contributed by atoms with Gasteiger partial charge in [0.15, 0.2) is 0 Å². The first-order valence-electron chi connectivity index (χ1n) is 8.25. The van der Waals surface area contributed by atoms with Crippen LogP contribution in [0.3, 0.4) is 0 Å². The Labute approximate surface area is 146 Å². The molecule has 24 heavy (non-hydrogen) atoms. The molecule has 0 bridgehead atoms. The number of aromatic nitrogens is 1. The Morgan fingerprint density at radius 3 is 2.83 bits per heavy atom. The van der Waals surface area contributed by atoms with Crippen molar-refractivity contribution in [3.63, 3.8) is 0 Å². The van der Waals surface area contributed by atoms with Gasteiger partial charge in [-0.15, -0.1) is 11.8 Å². The van der Waals surface area contributed by atoms with Crippen molar-refractivity contribution >= 4 is 17.7 Å². The molecule has 1 aromatic carbocycles. The van der Waals surface area contributed by atoms with E-state index in [0.29, 0.717) is 6.42 Å². The van der Waals surface area contributed by atoms with Gasteiger partial charge in [0.1, 0.15) is 11.9 Å². The molecule has 0 radical (unpaired) electrons. The number of nitrogens with zero attached hydrogens (tertiary/aromatic N) is 2. The van der Waals surface area contributed by atoms with Gasteiger partial charge in [0.2, 0.25) is 5.91 Å². The SMILES string of the molecule is O=C(Cc1ccccc1)N1CC2(CC(Oc3cccnc3)CS2)C1. The summed E-state index contributed by atoms with van der Waals surface area (Å²) in [6, 6.07) is 13.8. The lowest BCUT2D eigenvalue weighted by molar-refractivity contribution is -0.135. The molecule has 0 saturated carbocycles. The molecular weight excluding hydrogens is 320 g/mol. The second-order valence-corrected chi connectivity index (χ2v) is 8.03. The fraction of sp³-hybridized carbons (Fsp3) is 0.368. The number of amides is 1. The lowest BCUT2D eigenvalue weighted by Crippen LogP contribution is -2.61. The van der Waals surface area contributed by atoms with E-state index < -0.39 is 0 Å². The number of pyridine rings is 1. The number of hydrogen-bond acceptors (Lipinski definition) is 4. The van der Waals surface area contributed by atoms with Gasteiger partial charge in [0, 0.05) is 31.5 Å². The van der Waals surface area contributed by atoms with Gasteiger partial charge in [-0.05, 0) is 17.7 Å². The molecule has 124 valence electrons. The first-order valence-corrected chi connectivity index (χ1v) is 9.23. The molecule has 4 rings (SSSR count). The molecule has 1 atom stereocenters. The van der Waals surface area contributed by atoms with E-state index in [9.17, 15) is 4.79 Å². The number of likely N-dealkylation sites (tertiary alicyclic amines) is 1. The number of ether oxygens (including phenoxy) is 1. The van der Waals surface area contributed by atoms with Crippen molar-refractivity contribution in [1.82, 2.24) is 9.88 Å². The molecule has 0 aliphatic carbocycles. The number of benzene rings is 1. The molecule has 2 fully saturated rings. The summed E-state index contributed by atoms with van der Waals surface area (Å²) in [7, 11) is 0. The molecule has 4 nitrogen and oxygen atoms in total. The molecule has 2 aromatic rings. The van der Waals surface area contributed by atoms with Crippen LogP contribution in [0.15, 0.2) is 54.9 Å². The number of hydrogen-bond donors (Lipinski definition) is 0. The topological polar surface area (TPSA) is 42.4 Å². The minimum Gasteiger partial charge on any atom is -0.488 e. The average molecular weight is 340 g/mol. The highest BCUT2D eigenvalue weighted by molar-refractivity contribution is 8.01. The van der Waals surface area contributed by atoms with Gasteiger partial charge in [0.05, 0.1) is 17.4 Å². The van der Waals surface area contributed by atoms with Gasteiger partial charge in [-0.25, -0.2) is 0 Å². The minimum absolute atomic E-state index is 0.194. The van der Waals surface area contributed by atoms with Gasteiger partial charge < -0.3 is 9.64 Å². The molecule has 1 unspecified atom stereocenters. The maximum absolute atomic E-state index is 12.4. The molecular formula is C19H20N2O2S. The van der Waals surface area contributed by atoms with Crippen molar-refractivity contribution in [3.05, 3.63) is 60.4 Å². The van der Waals surface area contributed by atoms with Crippen LogP contribution >= 0.6 is 11.8 Å². The van der Waals surface area contributed by atoms with Crippen molar-refractivity contribution < 1.29 is 9.53 Å². The first kappa shape index (κ1) is 15.5. The molecule has 1 aromatic heterocycles. The Bertz CT molecular complexity index is 702. The van der Waals surface area contributed by atoms with Gasteiger partial charge >= 0.3 is 0 Å². The highest BCUT2D eigenvalue weighted by Gasteiger charge is 2.51. The number of carbonyl (C=O) groups excluding carboxylic acids is 1. The predicted molar refractivity (Wildman–Crippen MR) is 95.2 cm³/mol. The Kier molecular flexibility index (Phi) is 4.19. The summed E-state index contributed by atoms with van der Waals surface area (Å²) in [5, 5.41) is 0. The maximum atomic E-state index is 12.4. The third kappa shape index (κ3) is 3.26. The van der Waals surface area contributed by atoms with Crippen molar-refractivity contribution in [2.24, 2.45) is 0 Å². The fourth-order valence-corrected chi connectivity index (χ4v) is 4.94. The van der Waals surface area contributed by atoms with E-state index in [4.69, 9.17) is 4.74 Å². The largest absolute Gasteiger partial charge is 0.488 e. The molecule has 1 spiro atoms. The lowest BCUT2D eigenvalue weighted by atomic mass is 9.92. The quantitative estimate of drug-likeness (QED) is 0.858. The smallest absolute Gasteiger partial charge is 0.227 e. The normalized spacial score (nSPS) is 21.5. The zero-order chi connectivity index (χ0) is 16.4. The van der Waals surface area contributed by atoms with Gasteiger partial charge in [-0.1, -0.05) is 30.3 Å². The van der Waals surface area contributed by atoms with Crippen LogP contribution < -0.4 is 4.74 Å². The van der Waals surface area contributed by atoms with Crippen LogP contribution in [0.4, 0.5) is 0 Å². The van der Waals surface area contributed by atoms with Crippen molar-refractivity contribution in [2.75, 3.05) is 18.8 Å². The third-order valence-electron chi connectivity index (χ3n) is 4.62. The van der Waals surface area contributed by atoms with E-state index in [1.165, 1.54) is 0 Å². The van der Waals surface area contributed by atoms with Gasteiger partial charge in [0.25, 0.3) is 0 Å². The Morgan fingerprint density at radius 1 is 1.25 bits per heavy atom. The Hall–Kier alpha value is -2.01. The molecule has 5 heteroatoms. The lowest BCUT2D eigenvalue weighted by Gasteiger charge is -2.47. The maximum Gasteiger partial charge on any atom is 0.227 e. The summed E-state index contributed by atoms with van der Waals surface area (Å²) >= 11 is 1.95. The van der Waals surface area contributed by atoms with Crippen LogP contribution in [0.1, 0.15) is 12.0 Å². The average Bonchev–Trinajstić information content (AvgIpc) is 2.99. The summed E-state index contributed by atoms with van der Waals surface area (Å²) in [5.74, 6) is 2.04. The molecule has 1 amide bonds. The van der Waals surface area contributed by atoms with Crippen LogP contribution in [-0.2, 0) is 11.2 Å². The number of carbonyl (C=O) groups is 1. The van der Waals surface area contributed by atoms with Crippen molar-refractivity contribution in [1.29, 1.82) is 0 Å². The van der Waals surface area contributed by atoms with E-state index >= 15 is 0 Å². The van der Waals surface area contributed by atoms with E-state index in [1.54, 1.807) is 12.4 Å². The number of rotatable bonds is 4. The summed E-state index contributed by atoms with van der Waals surface area (Å²) < 4.78 is 6.20. The first-order chi connectivity index (χ1) is 11.7. The van der Waals surface area contributed by atoms with Crippen LogP contribution in [0.2, 0.25) is 0 Å². The van der Waals surface area contributed by atoms with Crippen LogP contribution in [-0.4, -0.2) is 45.5 Å². The fourth-order valence-electron chi connectivity index (χ4n) is 3.42. The van der Waals surface area contributed by atoms with Gasteiger partial charge in [-0.3, -0.25) is 9.78 Å². The highest BCUT2D eigenvalue weighted by atomic mass is 32.2. The molecule has 3 heterocycles. The van der Waals surface area contributed by atoms with Gasteiger partial charge in [-0.2, -0.15) is 0 Å². The second kappa shape index (κ2) is 6.48. The highest BCUT2D eigenvalue weighted by Crippen LogP contribution is 2.46. The minimum atomic E-state index is 0.194. The molecule has 2 aliphatic heterocycles. The van der Waals surface area contributed by atoms with E-state index in [-0.39, 0.29) is 16.8 Å². The summed E-state index contributed by atoms with van der Waals surface area (Å²) in [5.41, 5.74) is 1.08. The van der Waals surface area contributed by atoms with Crippen LogP contribution in [0, 0.1) is 0 Å². The van der Waals surface area contributed by atoms with E-state index in [0.717, 1.165) is 36.6 Å². The van der Waals surface area contributed by atoms with Crippen LogP contribution in [0.25, 0.3) is 0 Å². The summed E-state index contributed by atoms with van der Waals surface area (Å²) in [6.07, 6.45) is 5.22. The summed E-state index contributed by atoms with van der Waals surface area (Å²) in [6.45, 7) is 1.69. The summed E-state index contributed by atoms with van der Waals surface area (Å²) in [4.78, 5) is 18.5. The zero-order valence-corrected chi connectivity index (χ0v) is 14.2. The Morgan fingerprint density at radius 2 is 2.08 bits per heavy atom. The third-order valence-corrected chi connectivity index (χ3v) is 6.20. The van der Waals surface area contributed by atoms with E-state index in [1.807, 2.05) is 59.1 Å². The monoisotopic (exact) mass is 340 g/mol. The zero-order valence-electron chi connectivity index (χ0n) is 13.4. The standard InChI is InChI=1S/C19H20N2O2S/c22-18(9-15-5-2-1-3-6-15)21-13-19(14-21)10-17(12-24-19)23-16-7-4-8-20-11-16/h1-8,11,17H,9-10,12-14H2. The van der Waals surface area contributed by atoms with Crippen LogP contribution in [0.5, 0.6) is 5.75 Å².